The SMILES string of the molecule is C[C@@H](c1ccccc1)N1C[C@@H](c2ccc(Br)cc2)OCC1=O. The molecule has 0 spiro atoms. The van der Waals surface area contributed by atoms with Gasteiger partial charge in [0.15, 0.2) is 0 Å². The molecule has 0 unspecified atom stereocenters. The minimum Gasteiger partial charge on any atom is -0.362 e. The van der Waals surface area contributed by atoms with Crippen molar-refractivity contribution in [2.45, 2.75) is 19.1 Å². The molecule has 1 aliphatic rings. The van der Waals surface area contributed by atoms with Gasteiger partial charge < -0.3 is 9.64 Å². The molecule has 0 aromatic heterocycles. The van der Waals surface area contributed by atoms with Gasteiger partial charge in [-0.15, -0.1) is 0 Å². The lowest BCUT2D eigenvalue weighted by atomic mass is 10.0. The Hall–Kier alpha value is -1.65. The topological polar surface area (TPSA) is 29.5 Å². The highest BCUT2D eigenvalue weighted by Gasteiger charge is 2.30. The van der Waals surface area contributed by atoms with E-state index in [9.17, 15) is 4.79 Å². The van der Waals surface area contributed by atoms with Crippen molar-refractivity contribution in [2.75, 3.05) is 13.2 Å². The zero-order valence-electron chi connectivity index (χ0n) is 12.4. The quantitative estimate of drug-likeness (QED) is 0.825. The van der Waals surface area contributed by atoms with Crippen molar-refractivity contribution < 1.29 is 9.53 Å². The lowest BCUT2D eigenvalue weighted by Gasteiger charge is -2.37. The minimum absolute atomic E-state index is 0.0460. The Kier molecular flexibility index (Phi) is 4.60. The third-order valence-electron chi connectivity index (χ3n) is 4.08. The Labute approximate surface area is 139 Å². The molecule has 3 nitrogen and oxygen atoms in total. The maximum absolute atomic E-state index is 12.2. The highest BCUT2D eigenvalue weighted by molar-refractivity contribution is 9.10. The van der Waals surface area contributed by atoms with Crippen molar-refractivity contribution in [3.8, 4) is 0 Å². The predicted molar refractivity (Wildman–Crippen MR) is 89.4 cm³/mol. The highest BCUT2D eigenvalue weighted by atomic mass is 79.9. The molecule has 0 saturated carbocycles. The molecule has 1 fully saturated rings. The largest absolute Gasteiger partial charge is 0.362 e. The molecule has 1 heterocycles. The second-order valence-corrected chi connectivity index (χ2v) is 6.40. The zero-order chi connectivity index (χ0) is 15.5. The number of benzene rings is 2. The monoisotopic (exact) mass is 359 g/mol. The Morgan fingerprint density at radius 2 is 1.82 bits per heavy atom. The maximum Gasteiger partial charge on any atom is 0.249 e. The molecule has 2 aromatic rings. The van der Waals surface area contributed by atoms with Gasteiger partial charge in [0.05, 0.1) is 12.6 Å². The smallest absolute Gasteiger partial charge is 0.249 e. The summed E-state index contributed by atoms with van der Waals surface area (Å²) >= 11 is 3.44. The van der Waals surface area contributed by atoms with Gasteiger partial charge in [-0.1, -0.05) is 58.4 Å². The van der Waals surface area contributed by atoms with Crippen molar-refractivity contribution in [3.05, 3.63) is 70.2 Å². The van der Waals surface area contributed by atoms with Crippen LogP contribution in [0.3, 0.4) is 0 Å². The molecular formula is C18H18BrNO2. The number of nitrogens with zero attached hydrogens (tertiary/aromatic N) is 1. The molecule has 1 aliphatic heterocycles. The summed E-state index contributed by atoms with van der Waals surface area (Å²) in [5.41, 5.74) is 2.24. The van der Waals surface area contributed by atoms with E-state index in [1.54, 1.807) is 0 Å². The number of morpholine rings is 1. The lowest BCUT2D eigenvalue weighted by molar-refractivity contribution is -0.152. The minimum atomic E-state index is -0.0723. The summed E-state index contributed by atoms with van der Waals surface area (Å²) in [5.74, 6) is 0.0460. The number of amides is 1. The summed E-state index contributed by atoms with van der Waals surface area (Å²) in [6.45, 7) is 2.78. The van der Waals surface area contributed by atoms with E-state index in [1.165, 1.54) is 0 Å². The van der Waals surface area contributed by atoms with Crippen molar-refractivity contribution in [1.29, 1.82) is 0 Å². The van der Waals surface area contributed by atoms with E-state index in [0.29, 0.717) is 6.54 Å². The highest BCUT2D eigenvalue weighted by Crippen LogP contribution is 2.29. The average Bonchev–Trinajstić information content (AvgIpc) is 2.56. The molecule has 2 atom stereocenters. The Bertz CT molecular complexity index is 642. The first kappa shape index (κ1) is 15.3. The van der Waals surface area contributed by atoms with Crippen LogP contribution in [-0.4, -0.2) is 24.0 Å². The van der Waals surface area contributed by atoms with Gasteiger partial charge in [-0.05, 0) is 30.2 Å². The second kappa shape index (κ2) is 6.63. The molecule has 3 rings (SSSR count). The molecule has 22 heavy (non-hydrogen) atoms. The van der Waals surface area contributed by atoms with Gasteiger partial charge in [-0.25, -0.2) is 0 Å². The van der Waals surface area contributed by atoms with Gasteiger partial charge in [0, 0.05) is 4.47 Å². The van der Waals surface area contributed by atoms with Gasteiger partial charge in [-0.2, -0.15) is 0 Å². The van der Waals surface area contributed by atoms with E-state index in [2.05, 4.69) is 35.0 Å². The van der Waals surface area contributed by atoms with E-state index >= 15 is 0 Å². The summed E-state index contributed by atoms with van der Waals surface area (Å²) in [6, 6.07) is 18.2. The number of carbonyl (C=O) groups is 1. The van der Waals surface area contributed by atoms with Crippen molar-refractivity contribution in [3.63, 3.8) is 0 Å². The fourth-order valence-corrected chi connectivity index (χ4v) is 3.02. The van der Waals surface area contributed by atoms with Crippen LogP contribution in [0.15, 0.2) is 59.1 Å². The molecule has 0 N–H and O–H groups in total. The Morgan fingerprint density at radius 1 is 1.14 bits per heavy atom. The molecular weight excluding hydrogens is 342 g/mol. The van der Waals surface area contributed by atoms with Crippen molar-refractivity contribution in [2.24, 2.45) is 0 Å². The first-order valence-corrected chi connectivity index (χ1v) is 8.16. The molecule has 1 amide bonds. The van der Waals surface area contributed by atoms with Crippen LogP contribution in [0.5, 0.6) is 0 Å². The van der Waals surface area contributed by atoms with Crippen molar-refractivity contribution >= 4 is 21.8 Å². The van der Waals surface area contributed by atoms with Crippen LogP contribution in [0.4, 0.5) is 0 Å². The fourth-order valence-electron chi connectivity index (χ4n) is 2.75. The fraction of sp³-hybridized carbons (Fsp3) is 0.278. The van der Waals surface area contributed by atoms with E-state index in [1.807, 2.05) is 47.4 Å². The lowest BCUT2D eigenvalue weighted by Crippen LogP contribution is -2.44. The van der Waals surface area contributed by atoms with Gasteiger partial charge >= 0.3 is 0 Å². The number of ether oxygens (including phenoxy) is 1. The van der Waals surface area contributed by atoms with Crippen molar-refractivity contribution in [1.82, 2.24) is 4.90 Å². The van der Waals surface area contributed by atoms with Crippen LogP contribution in [0.2, 0.25) is 0 Å². The van der Waals surface area contributed by atoms with Gasteiger partial charge in [0.1, 0.15) is 12.7 Å². The summed E-state index contributed by atoms with van der Waals surface area (Å²) in [7, 11) is 0. The van der Waals surface area contributed by atoms with Crippen LogP contribution in [0.1, 0.15) is 30.2 Å². The zero-order valence-corrected chi connectivity index (χ0v) is 14.0. The van der Waals surface area contributed by atoms with Gasteiger partial charge in [0.2, 0.25) is 5.91 Å². The molecule has 2 aromatic carbocycles. The maximum atomic E-state index is 12.2. The average molecular weight is 360 g/mol. The number of hydrogen-bond acceptors (Lipinski definition) is 2. The first-order valence-electron chi connectivity index (χ1n) is 7.36. The first-order chi connectivity index (χ1) is 10.6. The molecule has 4 heteroatoms. The number of halogens is 1. The predicted octanol–water partition coefficient (Wildman–Crippen LogP) is 4.11. The number of hydrogen-bond donors (Lipinski definition) is 0. The van der Waals surface area contributed by atoms with E-state index in [-0.39, 0.29) is 24.7 Å². The molecule has 0 radical (unpaired) electrons. The number of rotatable bonds is 3. The summed E-state index contributed by atoms with van der Waals surface area (Å²) < 4.78 is 6.77. The summed E-state index contributed by atoms with van der Waals surface area (Å²) in [4.78, 5) is 14.1. The van der Waals surface area contributed by atoms with Crippen LogP contribution < -0.4 is 0 Å². The molecule has 114 valence electrons. The number of carbonyl (C=O) groups excluding carboxylic acids is 1. The Balaban J connectivity index is 1.79. The molecule has 1 saturated heterocycles. The van der Waals surface area contributed by atoms with E-state index < -0.39 is 0 Å². The Morgan fingerprint density at radius 3 is 2.50 bits per heavy atom. The molecule has 0 bridgehead atoms. The van der Waals surface area contributed by atoms with Crippen LogP contribution in [0, 0.1) is 0 Å². The summed E-state index contributed by atoms with van der Waals surface area (Å²) in [6.07, 6.45) is -0.0723. The van der Waals surface area contributed by atoms with Crippen LogP contribution in [0.25, 0.3) is 0 Å². The second-order valence-electron chi connectivity index (χ2n) is 5.48. The van der Waals surface area contributed by atoms with Gasteiger partial charge in [-0.3, -0.25) is 4.79 Å². The normalized spacial score (nSPS) is 20.0. The molecule has 0 aliphatic carbocycles. The van der Waals surface area contributed by atoms with E-state index in [0.717, 1.165) is 15.6 Å². The third-order valence-corrected chi connectivity index (χ3v) is 4.61. The van der Waals surface area contributed by atoms with Gasteiger partial charge in [0.25, 0.3) is 0 Å². The van der Waals surface area contributed by atoms with Crippen LogP contribution >= 0.6 is 15.9 Å². The van der Waals surface area contributed by atoms with Crippen LogP contribution in [-0.2, 0) is 9.53 Å². The standard InChI is InChI=1S/C18H18BrNO2/c1-13(14-5-3-2-4-6-14)20-11-17(22-12-18(20)21)15-7-9-16(19)10-8-15/h2-10,13,17H,11-12H2,1H3/t13-,17-/m0/s1. The summed E-state index contributed by atoms with van der Waals surface area (Å²) in [5, 5.41) is 0. The third kappa shape index (κ3) is 3.23. The van der Waals surface area contributed by atoms with E-state index in [4.69, 9.17) is 4.74 Å².